The highest BCUT2D eigenvalue weighted by atomic mass is 35.5. The number of aromatic nitrogens is 4. The summed E-state index contributed by atoms with van der Waals surface area (Å²) in [6, 6.07) is 6.95. The summed E-state index contributed by atoms with van der Waals surface area (Å²) in [6.45, 7) is 2.10. The normalized spacial score (nSPS) is 21.0. The highest BCUT2D eigenvalue weighted by Crippen LogP contribution is 2.34. The third-order valence-electron chi connectivity index (χ3n) is 5.82. The van der Waals surface area contributed by atoms with Crippen molar-refractivity contribution in [3.63, 3.8) is 0 Å². The largest absolute Gasteiger partial charge is 0.370 e. The summed E-state index contributed by atoms with van der Waals surface area (Å²) in [5.74, 6) is 0.238. The molecule has 0 aliphatic carbocycles. The van der Waals surface area contributed by atoms with Crippen LogP contribution >= 0.6 is 23.2 Å². The van der Waals surface area contributed by atoms with Gasteiger partial charge in [0.2, 0.25) is 5.95 Å². The van der Waals surface area contributed by atoms with Crippen molar-refractivity contribution < 1.29 is 13.9 Å². The molecule has 2 saturated heterocycles. The fourth-order valence-corrected chi connectivity index (χ4v) is 4.48. The predicted molar refractivity (Wildman–Crippen MR) is 128 cm³/mol. The lowest BCUT2D eigenvalue weighted by Crippen LogP contribution is -2.41. The van der Waals surface area contributed by atoms with E-state index in [0.29, 0.717) is 48.3 Å². The molecule has 2 N–H and O–H groups in total. The third-order valence-corrected chi connectivity index (χ3v) is 6.38. The highest BCUT2D eigenvalue weighted by molar-refractivity contribution is 6.35. The smallest absolute Gasteiger partial charge is 0.253 e. The number of hydrogen-bond donors (Lipinski definition) is 2. The van der Waals surface area contributed by atoms with Crippen LogP contribution in [0.15, 0.2) is 36.7 Å². The zero-order valence-electron chi connectivity index (χ0n) is 18.0. The lowest BCUT2D eigenvalue weighted by molar-refractivity contribution is -0.125. The van der Waals surface area contributed by atoms with Crippen LogP contribution in [0, 0.1) is 0 Å². The number of morpholine rings is 1. The molecule has 3 aromatic rings. The van der Waals surface area contributed by atoms with Crippen LogP contribution < -0.4 is 15.5 Å². The first-order valence-electron chi connectivity index (χ1n) is 10.9. The standard InChI is InChI=1S/C22H22Cl2FN7O2/c23-16-9-27-22(28-13-1-3-14(4-2-13)31-7-8-34-12-19(31)33)29-20(16)15-11-32(30-21(15)24)18-5-6-26-10-17(18)25/h1-4,9,11,17-18,26H,5-8,10,12H2,(H,27,28,29)/t17-,18+/m0/s1. The Morgan fingerprint density at radius 2 is 2.06 bits per heavy atom. The van der Waals surface area contributed by atoms with Crippen molar-refractivity contribution in [2.45, 2.75) is 18.6 Å². The molecule has 2 aliphatic rings. The van der Waals surface area contributed by atoms with E-state index < -0.39 is 12.2 Å². The summed E-state index contributed by atoms with van der Waals surface area (Å²) < 4.78 is 21.1. The number of carbonyl (C=O) groups is 1. The summed E-state index contributed by atoms with van der Waals surface area (Å²) in [6.07, 6.45) is 2.70. The van der Waals surface area contributed by atoms with E-state index in [-0.39, 0.29) is 24.2 Å². The summed E-state index contributed by atoms with van der Waals surface area (Å²) in [5.41, 5.74) is 2.42. The Bertz CT molecular complexity index is 1190. The quantitative estimate of drug-likeness (QED) is 0.546. The Balaban J connectivity index is 1.36. The van der Waals surface area contributed by atoms with Crippen LogP contribution in [-0.2, 0) is 9.53 Å². The molecule has 34 heavy (non-hydrogen) atoms. The van der Waals surface area contributed by atoms with Crippen molar-refractivity contribution in [3.8, 4) is 11.3 Å². The topological polar surface area (TPSA) is 97.2 Å². The van der Waals surface area contributed by atoms with Gasteiger partial charge in [0.05, 0.1) is 35.1 Å². The van der Waals surface area contributed by atoms with E-state index in [2.05, 4.69) is 25.7 Å². The summed E-state index contributed by atoms with van der Waals surface area (Å²) in [5, 5.41) is 11.0. The van der Waals surface area contributed by atoms with Gasteiger partial charge in [-0.25, -0.2) is 14.4 Å². The van der Waals surface area contributed by atoms with Crippen LogP contribution in [-0.4, -0.2) is 64.7 Å². The maximum absolute atomic E-state index is 14.4. The van der Waals surface area contributed by atoms with Crippen molar-refractivity contribution in [2.75, 3.05) is 43.1 Å². The molecule has 178 valence electrons. The Morgan fingerprint density at radius 3 is 2.82 bits per heavy atom. The number of rotatable bonds is 5. The van der Waals surface area contributed by atoms with Gasteiger partial charge in [-0.05, 0) is 37.2 Å². The number of amides is 1. The molecule has 1 amide bonds. The van der Waals surface area contributed by atoms with E-state index in [1.165, 1.54) is 6.20 Å². The molecule has 5 rings (SSSR count). The van der Waals surface area contributed by atoms with Gasteiger partial charge in [-0.1, -0.05) is 23.2 Å². The Hall–Kier alpha value is -2.79. The Kier molecular flexibility index (Phi) is 6.64. The fourth-order valence-electron chi connectivity index (χ4n) is 4.06. The van der Waals surface area contributed by atoms with Gasteiger partial charge >= 0.3 is 0 Å². The molecule has 2 fully saturated rings. The second-order valence-electron chi connectivity index (χ2n) is 8.05. The maximum Gasteiger partial charge on any atom is 0.253 e. The van der Waals surface area contributed by atoms with Crippen LogP contribution in [0.1, 0.15) is 12.5 Å². The van der Waals surface area contributed by atoms with Crippen LogP contribution in [0.3, 0.4) is 0 Å². The van der Waals surface area contributed by atoms with Gasteiger partial charge in [-0.3, -0.25) is 9.48 Å². The number of benzene rings is 1. The third kappa shape index (κ3) is 4.72. The molecule has 0 bridgehead atoms. The lowest BCUT2D eigenvalue weighted by atomic mass is 10.1. The minimum absolute atomic E-state index is 0.0707. The monoisotopic (exact) mass is 505 g/mol. The number of nitrogens with zero attached hydrogens (tertiary/aromatic N) is 5. The van der Waals surface area contributed by atoms with Gasteiger partial charge in [-0.2, -0.15) is 5.10 Å². The highest BCUT2D eigenvalue weighted by Gasteiger charge is 2.28. The van der Waals surface area contributed by atoms with E-state index in [1.54, 1.807) is 15.8 Å². The summed E-state index contributed by atoms with van der Waals surface area (Å²) in [4.78, 5) is 22.5. The predicted octanol–water partition coefficient (Wildman–Crippen LogP) is 3.63. The maximum atomic E-state index is 14.4. The first-order chi connectivity index (χ1) is 16.5. The minimum atomic E-state index is -1.06. The molecule has 2 aliphatic heterocycles. The molecule has 0 spiro atoms. The number of ether oxygens (including phenoxy) is 1. The number of nitrogens with one attached hydrogen (secondary N) is 2. The van der Waals surface area contributed by atoms with Gasteiger partial charge in [0.15, 0.2) is 5.15 Å². The molecule has 4 heterocycles. The number of anilines is 3. The molecular weight excluding hydrogens is 484 g/mol. The van der Waals surface area contributed by atoms with Gasteiger partial charge in [0, 0.05) is 30.7 Å². The van der Waals surface area contributed by atoms with Crippen molar-refractivity contribution in [2.24, 2.45) is 0 Å². The number of halogens is 3. The second kappa shape index (κ2) is 9.83. The van der Waals surface area contributed by atoms with E-state index >= 15 is 0 Å². The van der Waals surface area contributed by atoms with Crippen molar-refractivity contribution >= 4 is 46.4 Å². The molecule has 1 aromatic carbocycles. The van der Waals surface area contributed by atoms with Crippen molar-refractivity contribution in [1.82, 2.24) is 25.1 Å². The number of carbonyl (C=O) groups excluding carboxylic acids is 1. The first-order valence-corrected chi connectivity index (χ1v) is 11.6. The van der Waals surface area contributed by atoms with Crippen LogP contribution in [0.25, 0.3) is 11.3 Å². The van der Waals surface area contributed by atoms with E-state index in [0.717, 1.165) is 11.4 Å². The number of hydrogen-bond acceptors (Lipinski definition) is 7. The molecule has 12 heteroatoms. The molecule has 0 unspecified atom stereocenters. The molecular formula is C22H22Cl2FN7O2. The average Bonchev–Trinajstić information content (AvgIpc) is 3.22. The minimum Gasteiger partial charge on any atom is -0.370 e. The Morgan fingerprint density at radius 1 is 1.24 bits per heavy atom. The van der Waals surface area contributed by atoms with Gasteiger partial charge in [0.25, 0.3) is 5.91 Å². The zero-order chi connectivity index (χ0) is 23.7. The van der Waals surface area contributed by atoms with Gasteiger partial charge in [0.1, 0.15) is 12.8 Å². The SMILES string of the molecule is O=C1COCCN1c1ccc(Nc2ncc(Cl)c(-c3cn([C@@H]4CCNC[C@@H]4F)nc3Cl)n2)cc1. The van der Waals surface area contributed by atoms with Gasteiger partial charge in [-0.15, -0.1) is 0 Å². The number of alkyl halides is 1. The van der Waals surface area contributed by atoms with Gasteiger partial charge < -0.3 is 20.3 Å². The summed E-state index contributed by atoms with van der Waals surface area (Å²) in [7, 11) is 0. The Labute approximate surface area is 205 Å². The molecule has 2 atom stereocenters. The number of piperidine rings is 1. The average molecular weight is 506 g/mol. The van der Waals surface area contributed by atoms with Crippen LogP contribution in [0.5, 0.6) is 0 Å². The molecule has 0 radical (unpaired) electrons. The van der Waals surface area contributed by atoms with E-state index in [4.69, 9.17) is 27.9 Å². The molecule has 9 nitrogen and oxygen atoms in total. The zero-order valence-corrected chi connectivity index (χ0v) is 19.6. The van der Waals surface area contributed by atoms with Crippen LogP contribution in [0.4, 0.5) is 21.7 Å². The fraction of sp³-hybridized carbons (Fsp3) is 0.364. The van der Waals surface area contributed by atoms with Crippen LogP contribution in [0.2, 0.25) is 10.2 Å². The van der Waals surface area contributed by atoms with E-state index in [9.17, 15) is 9.18 Å². The van der Waals surface area contributed by atoms with Crippen molar-refractivity contribution in [1.29, 1.82) is 0 Å². The first kappa shape index (κ1) is 23.0. The van der Waals surface area contributed by atoms with E-state index in [1.807, 2.05) is 24.3 Å². The summed E-state index contributed by atoms with van der Waals surface area (Å²) >= 11 is 12.8. The molecule has 0 saturated carbocycles. The lowest BCUT2D eigenvalue weighted by Gasteiger charge is -2.26. The molecule has 2 aromatic heterocycles. The second-order valence-corrected chi connectivity index (χ2v) is 8.81. The van der Waals surface area contributed by atoms with Crippen molar-refractivity contribution in [3.05, 3.63) is 46.8 Å².